The summed E-state index contributed by atoms with van der Waals surface area (Å²) in [5.74, 6) is 0.911. The summed E-state index contributed by atoms with van der Waals surface area (Å²) < 4.78 is 10.8. The summed E-state index contributed by atoms with van der Waals surface area (Å²) in [6.45, 7) is 6.17. The second-order valence-corrected chi connectivity index (χ2v) is 5.04. The highest BCUT2D eigenvalue weighted by Gasteiger charge is 2.03. The highest BCUT2D eigenvalue weighted by molar-refractivity contribution is 5.57. The van der Waals surface area contributed by atoms with Crippen LogP contribution in [0.5, 0.6) is 5.75 Å². The predicted octanol–water partition coefficient (Wildman–Crippen LogP) is 4.15. The van der Waals surface area contributed by atoms with Gasteiger partial charge in [0.1, 0.15) is 5.75 Å². The summed E-state index contributed by atoms with van der Waals surface area (Å²) in [5, 5.41) is 3.44. The topological polar surface area (TPSA) is 30.5 Å². The van der Waals surface area contributed by atoms with Crippen LogP contribution >= 0.6 is 0 Å². The molecule has 3 nitrogen and oxygen atoms in total. The van der Waals surface area contributed by atoms with E-state index in [9.17, 15) is 0 Å². The molecule has 112 valence electrons. The highest BCUT2D eigenvalue weighted by atomic mass is 16.5. The van der Waals surface area contributed by atoms with Gasteiger partial charge in [0, 0.05) is 13.7 Å². The molecule has 21 heavy (non-hydrogen) atoms. The Balaban J connectivity index is 2.02. The fourth-order valence-electron chi connectivity index (χ4n) is 2.17. The van der Waals surface area contributed by atoms with Gasteiger partial charge in [0.05, 0.1) is 18.9 Å². The molecule has 0 fully saturated rings. The fraction of sp³-hybridized carbons (Fsp3) is 0.333. The lowest BCUT2D eigenvalue weighted by Gasteiger charge is -2.13. The minimum Gasteiger partial charge on any atom is -0.492 e. The molecule has 1 N–H and O–H groups in total. The number of nitrogens with one attached hydrogen (secondary N) is 1. The number of methoxy groups -OCH3 is 1. The highest BCUT2D eigenvalue weighted by Crippen LogP contribution is 2.26. The average Bonchev–Trinajstić information content (AvgIpc) is 2.49. The van der Waals surface area contributed by atoms with Gasteiger partial charge in [0.15, 0.2) is 0 Å². The number of hydrogen-bond acceptors (Lipinski definition) is 3. The first-order valence-electron chi connectivity index (χ1n) is 7.27. The van der Waals surface area contributed by atoms with Crippen molar-refractivity contribution in [2.75, 3.05) is 19.0 Å². The first-order chi connectivity index (χ1) is 10.2. The molecular weight excluding hydrogens is 262 g/mol. The maximum Gasteiger partial charge on any atom is 0.142 e. The van der Waals surface area contributed by atoms with Gasteiger partial charge in [-0.3, -0.25) is 0 Å². The molecule has 0 unspecified atom stereocenters. The largest absolute Gasteiger partial charge is 0.492 e. The molecule has 2 rings (SSSR count). The van der Waals surface area contributed by atoms with Crippen molar-refractivity contribution in [3.8, 4) is 5.75 Å². The van der Waals surface area contributed by atoms with Crippen LogP contribution in [0.4, 0.5) is 5.69 Å². The molecule has 2 aromatic carbocycles. The second kappa shape index (κ2) is 7.70. The Kier molecular flexibility index (Phi) is 5.64. The lowest BCUT2D eigenvalue weighted by molar-refractivity contribution is 0.185. The van der Waals surface area contributed by atoms with E-state index in [1.165, 1.54) is 16.7 Å². The zero-order valence-electron chi connectivity index (χ0n) is 13.0. The molecule has 0 saturated heterocycles. The normalized spacial score (nSPS) is 10.4. The number of anilines is 1. The molecule has 0 amide bonds. The molecule has 2 aromatic rings. The van der Waals surface area contributed by atoms with Gasteiger partial charge in [-0.25, -0.2) is 0 Å². The van der Waals surface area contributed by atoms with E-state index in [1.54, 1.807) is 7.11 Å². The minimum absolute atomic E-state index is 0.653. The van der Waals surface area contributed by atoms with Crippen molar-refractivity contribution in [2.24, 2.45) is 0 Å². The first kappa shape index (κ1) is 15.4. The molecule has 0 aromatic heterocycles. The Labute approximate surface area is 126 Å². The number of hydrogen-bond donors (Lipinski definition) is 1. The number of rotatable bonds is 7. The summed E-state index contributed by atoms with van der Waals surface area (Å²) in [6, 6.07) is 14.7. The molecular formula is C18H23NO2. The van der Waals surface area contributed by atoms with E-state index in [-0.39, 0.29) is 0 Å². The Morgan fingerprint density at radius 3 is 2.38 bits per heavy atom. The van der Waals surface area contributed by atoms with Crippen LogP contribution in [-0.4, -0.2) is 13.7 Å². The van der Waals surface area contributed by atoms with Crippen molar-refractivity contribution < 1.29 is 9.47 Å². The zero-order valence-corrected chi connectivity index (χ0v) is 13.0. The molecule has 0 heterocycles. The van der Waals surface area contributed by atoms with Gasteiger partial charge < -0.3 is 14.8 Å². The second-order valence-electron chi connectivity index (χ2n) is 5.04. The van der Waals surface area contributed by atoms with E-state index in [0.717, 1.165) is 18.0 Å². The Morgan fingerprint density at radius 2 is 1.71 bits per heavy atom. The quantitative estimate of drug-likeness (QED) is 0.829. The maximum absolute atomic E-state index is 5.68. The molecule has 3 heteroatoms. The molecule has 0 aliphatic carbocycles. The van der Waals surface area contributed by atoms with Crippen molar-refractivity contribution >= 4 is 5.69 Å². The standard InChI is InChI=1S/C18H23NO2/c1-4-21-18-11-14(2)5-10-17(18)19-12-15-6-8-16(9-7-15)13-20-3/h5-11,19H,4,12-13H2,1-3H3. The summed E-state index contributed by atoms with van der Waals surface area (Å²) in [7, 11) is 1.71. The van der Waals surface area contributed by atoms with Gasteiger partial charge in [0.2, 0.25) is 0 Å². The van der Waals surface area contributed by atoms with Crippen LogP contribution in [0.1, 0.15) is 23.6 Å². The summed E-state index contributed by atoms with van der Waals surface area (Å²) >= 11 is 0. The Bertz CT molecular complexity index is 564. The van der Waals surface area contributed by atoms with E-state index in [4.69, 9.17) is 9.47 Å². The van der Waals surface area contributed by atoms with Crippen molar-refractivity contribution in [2.45, 2.75) is 27.0 Å². The van der Waals surface area contributed by atoms with Crippen molar-refractivity contribution in [3.63, 3.8) is 0 Å². The molecule has 0 radical (unpaired) electrons. The Hall–Kier alpha value is -2.00. The van der Waals surface area contributed by atoms with Crippen LogP contribution in [0.25, 0.3) is 0 Å². The smallest absolute Gasteiger partial charge is 0.142 e. The summed E-state index contributed by atoms with van der Waals surface area (Å²) in [5.41, 5.74) is 4.65. The molecule has 0 bridgehead atoms. The molecule has 0 atom stereocenters. The van der Waals surface area contributed by atoms with Crippen LogP contribution in [0.3, 0.4) is 0 Å². The van der Waals surface area contributed by atoms with Gasteiger partial charge >= 0.3 is 0 Å². The maximum atomic E-state index is 5.68. The molecule has 0 saturated carbocycles. The van der Waals surface area contributed by atoms with Gasteiger partial charge in [0.25, 0.3) is 0 Å². The molecule has 0 aliphatic heterocycles. The van der Waals surface area contributed by atoms with Gasteiger partial charge in [-0.2, -0.15) is 0 Å². The SMILES string of the molecule is CCOc1cc(C)ccc1NCc1ccc(COC)cc1. The van der Waals surface area contributed by atoms with Crippen molar-refractivity contribution in [3.05, 3.63) is 59.2 Å². The molecule has 0 aliphatic rings. The average molecular weight is 285 g/mol. The number of ether oxygens (including phenoxy) is 2. The van der Waals surface area contributed by atoms with Gasteiger partial charge in [-0.05, 0) is 42.7 Å². The predicted molar refractivity (Wildman–Crippen MR) is 86.8 cm³/mol. The van der Waals surface area contributed by atoms with Crippen molar-refractivity contribution in [1.29, 1.82) is 0 Å². The first-order valence-corrected chi connectivity index (χ1v) is 7.27. The summed E-state index contributed by atoms with van der Waals surface area (Å²) in [4.78, 5) is 0. The van der Waals surface area contributed by atoms with E-state index in [2.05, 4.69) is 54.7 Å². The number of aryl methyl sites for hydroxylation is 1. The molecule has 0 spiro atoms. The van der Waals surface area contributed by atoms with Crippen LogP contribution < -0.4 is 10.1 Å². The van der Waals surface area contributed by atoms with Crippen LogP contribution in [0.2, 0.25) is 0 Å². The van der Waals surface area contributed by atoms with Crippen LogP contribution in [-0.2, 0) is 17.9 Å². The van der Waals surface area contributed by atoms with E-state index >= 15 is 0 Å². The summed E-state index contributed by atoms with van der Waals surface area (Å²) in [6.07, 6.45) is 0. The third kappa shape index (κ3) is 4.50. The van der Waals surface area contributed by atoms with Gasteiger partial charge in [-0.1, -0.05) is 30.3 Å². The third-order valence-corrected chi connectivity index (χ3v) is 3.25. The monoisotopic (exact) mass is 285 g/mol. The van der Waals surface area contributed by atoms with E-state index in [1.807, 2.05) is 6.92 Å². The lowest BCUT2D eigenvalue weighted by Crippen LogP contribution is -2.03. The Morgan fingerprint density at radius 1 is 1.00 bits per heavy atom. The fourth-order valence-corrected chi connectivity index (χ4v) is 2.17. The van der Waals surface area contributed by atoms with Crippen molar-refractivity contribution in [1.82, 2.24) is 0 Å². The zero-order chi connectivity index (χ0) is 15.1. The third-order valence-electron chi connectivity index (χ3n) is 3.25. The van der Waals surface area contributed by atoms with Crippen LogP contribution in [0.15, 0.2) is 42.5 Å². The van der Waals surface area contributed by atoms with E-state index < -0.39 is 0 Å². The van der Waals surface area contributed by atoms with Crippen LogP contribution in [0, 0.1) is 6.92 Å². The van der Waals surface area contributed by atoms with E-state index in [0.29, 0.717) is 13.2 Å². The van der Waals surface area contributed by atoms with Gasteiger partial charge in [-0.15, -0.1) is 0 Å². The lowest BCUT2D eigenvalue weighted by atomic mass is 10.1. The minimum atomic E-state index is 0.653. The number of benzene rings is 2.